The van der Waals surface area contributed by atoms with Gasteiger partial charge in [0.25, 0.3) is 0 Å². The fourth-order valence-electron chi connectivity index (χ4n) is 2.55. The van der Waals surface area contributed by atoms with Crippen LogP contribution in [0.5, 0.6) is 0 Å². The third-order valence-corrected chi connectivity index (χ3v) is 3.64. The first-order valence-corrected chi connectivity index (χ1v) is 6.86. The Balaban J connectivity index is 1.80. The first-order valence-electron chi connectivity index (χ1n) is 6.86. The predicted molar refractivity (Wildman–Crippen MR) is 75.5 cm³/mol. The summed E-state index contributed by atoms with van der Waals surface area (Å²) < 4.78 is 0. The van der Waals surface area contributed by atoms with Crippen LogP contribution in [0.25, 0.3) is 11.0 Å². The van der Waals surface area contributed by atoms with Gasteiger partial charge in [-0.1, -0.05) is 0 Å². The van der Waals surface area contributed by atoms with Gasteiger partial charge in [-0.15, -0.1) is 0 Å². The average molecular weight is 285 g/mol. The number of carboxylic acid groups (broad SMARTS) is 1. The van der Waals surface area contributed by atoms with Crippen LogP contribution in [-0.4, -0.2) is 38.4 Å². The maximum Gasteiger partial charge on any atom is 0.303 e. The Morgan fingerprint density at radius 2 is 2.19 bits per heavy atom. The molecule has 0 atom stereocenters. The Morgan fingerprint density at radius 1 is 1.33 bits per heavy atom. The van der Waals surface area contributed by atoms with Crippen molar-refractivity contribution in [3.05, 3.63) is 35.7 Å². The van der Waals surface area contributed by atoms with E-state index in [2.05, 4.69) is 9.97 Å². The quantitative estimate of drug-likeness (QED) is 0.921. The van der Waals surface area contributed by atoms with Crippen LogP contribution in [0.3, 0.4) is 0 Å². The first kappa shape index (κ1) is 13.5. The summed E-state index contributed by atoms with van der Waals surface area (Å²) in [7, 11) is 0. The Bertz CT molecular complexity index is 714. The van der Waals surface area contributed by atoms with Crippen LogP contribution >= 0.6 is 0 Å². The molecule has 1 aliphatic heterocycles. The van der Waals surface area contributed by atoms with Gasteiger partial charge in [0.2, 0.25) is 5.91 Å². The molecule has 21 heavy (non-hydrogen) atoms. The average Bonchev–Trinajstić information content (AvgIpc) is 2.50. The number of hydrogen-bond donors (Lipinski definition) is 1. The molecule has 0 radical (unpaired) electrons. The lowest BCUT2D eigenvalue weighted by molar-refractivity contribution is -0.141. The lowest BCUT2D eigenvalue weighted by atomic mass is 10.0. The molecule has 6 nitrogen and oxygen atoms in total. The lowest BCUT2D eigenvalue weighted by Gasteiger charge is -2.28. The van der Waals surface area contributed by atoms with Gasteiger partial charge in [0, 0.05) is 43.2 Å². The SMILES string of the molecule is O=C(O)CCC(=O)N1CCc2nc3ncccc3cc2C1. The highest BCUT2D eigenvalue weighted by Crippen LogP contribution is 2.22. The number of amides is 1. The smallest absolute Gasteiger partial charge is 0.303 e. The van der Waals surface area contributed by atoms with Crippen molar-refractivity contribution in [3.8, 4) is 0 Å². The molecule has 3 heterocycles. The van der Waals surface area contributed by atoms with Crippen molar-refractivity contribution in [2.75, 3.05) is 6.54 Å². The summed E-state index contributed by atoms with van der Waals surface area (Å²) in [5.74, 6) is -1.06. The molecule has 0 fully saturated rings. The highest BCUT2D eigenvalue weighted by Gasteiger charge is 2.22. The van der Waals surface area contributed by atoms with E-state index in [4.69, 9.17) is 5.11 Å². The number of nitrogens with zero attached hydrogens (tertiary/aromatic N) is 3. The molecule has 2 aromatic rings. The molecule has 2 aromatic heterocycles. The highest BCUT2D eigenvalue weighted by atomic mass is 16.4. The van der Waals surface area contributed by atoms with Crippen molar-refractivity contribution >= 4 is 22.9 Å². The Morgan fingerprint density at radius 3 is 3.00 bits per heavy atom. The molecule has 1 amide bonds. The third-order valence-electron chi connectivity index (χ3n) is 3.64. The minimum atomic E-state index is -0.945. The number of carboxylic acids is 1. The molecule has 0 saturated heterocycles. The van der Waals surface area contributed by atoms with E-state index in [9.17, 15) is 9.59 Å². The van der Waals surface area contributed by atoms with Crippen LogP contribution in [0, 0.1) is 0 Å². The van der Waals surface area contributed by atoms with Gasteiger partial charge in [0.1, 0.15) is 0 Å². The normalized spacial score (nSPS) is 14.0. The molecule has 1 N–H and O–H groups in total. The molecule has 0 saturated carbocycles. The van der Waals surface area contributed by atoms with Gasteiger partial charge < -0.3 is 10.0 Å². The van der Waals surface area contributed by atoms with E-state index in [1.165, 1.54) is 0 Å². The van der Waals surface area contributed by atoms with E-state index in [0.717, 1.165) is 22.3 Å². The second-order valence-corrected chi connectivity index (χ2v) is 5.10. The summed E-state index contributed by atoms with van der Waals surface area (Å²) in [6.45, 7) is 1.07. The molecule has 1 aliphatic rings. The van der Waals surface area contributed by atoms with Crippen molar-refractivity contribution in [2.45, 2.75) is 25.8 Å². The van der Waals surface area contributed by atoms with Crippen LogP contribution in [-0.2, 0) is 22.6 Å². The summed E-state index contributed by atoms with van der Waals surface area (Å²) >= 11 is 0. The Hall–Kier alpha value is -2.50. The molecule has 0 bridgehead atoms. The van der Waals surface area contributed by atoms with Crippen molar-refractivity contribution in [1.29, 1.82) is 0 Å². The van der Waals surface area contributed by atoms with Crippen molar-refractivity contribution in [1.82, 2.24) is 14.9 Å². The highest BCUT2D eigenvalue weighted by molar-refractivity contribution is 5.81. The number of rotatable bonds is 3. The molecular formula is C15H15N3O3. The maximum absolute atomic E-state index is 12.0. The number of fused-ring (bicyclic) bond motifs is 2. The second-order valence-electron chi connectivity index (χ2n) is 5.10. The minimum Gasteiger partial charge on any atom is -0.481 e. The van der Waals surface area contributed by atoms with Crippen molar-refractivity contribution < 1.29 is 14.7 Å². The summed E-state index contributed by atoms with van der Waals surface area (Å²) in [4.78, 5) is 33.0. The van der Waals surface area contributed by atoms with E-state index in [1.54, 1.807) is 11.1 Å². The van der Waals surface area contributed by atoms with E-state index < -0.39 is 5.97 Å². The Labute approximate surface area is 121 Å². The largest absolute Gasteiger partial charge is 0.481 e. The first-order chi connectivity index (χ1) is 10.1. The maximum atomic E-state index is 12.0. The minimum absolute atomic E-state index is 0.0488. The van der Waals surface area contributed by atoms with Gasteiger partial charge in [0.05, 0.1) is 6.42 Å². The van der Waals surface area contributed by atoms with E-state index in [0.29, 0.717) is 19.5 Å². The van der Waals surface area contributed by atoms with Gasteiger partial charge in [-0.2, -0.15) is 0 Å². The topological polar surface area (TPSA) is 83.4 Å². The predicted octanol–water partition coefficient (Wildman–Crippen LogP) is 1.38. The number of aliphatic carboxylic acids is 1. The van der Waals surface area contributed by atoms with Crippen LogP contribution < -0.4 is 0 Å². The zero-order chi connectivity index (χ0) is 14.8. The van der Waals surface area contributed by atoms with Crippen LogP contribution in [0.1, 0.15) is 24.1 Å². The second kappa shape index (κ2) is 5.47. The van der Waals surface area contributed by atoms with Gasteiger partial charge in [0.15, 0.2) is 5.65 Å². The van der Waals surface area contributed by atoms with Crippen LogP contribution in [0.2, 0.25) is 0 Å². The zero-order valence-electron chi connectivity index (χ0n) is 11.5. The summed E-state index contributed by atoms with van der Waals surface area (Å²) in [6.07, 6.45) is 2.32. The number of carbonyl (C=O) groups excluding carboxylic acids is 1. The van der Waals surface area contributed by atoms with Gasteiger partial charge >= 0.3 is 5.97 Å². The number of hydrogen-bond acceptors (Lipinski definition) is 4. The zero-order valence-corrected chi connectivity index (χ0v) is 11.5. The van der Waals surface area contributed by atoms with Crippen molar-refractivity contribution in [2.24, 2.45) is 0 Å². The number of aromatic nitrogens is 2. The van der Waals surface area contributed by atoms with Gasteiger partial charge in [-0.05, 0) is 23.8 Å². The standard InChI is InChI=1S/C15H15N3O3/c19-13(3-4-14(20)21)18-7-5-12-11(9-18)8-10-2-1-6-16-15(10)17-12/h1-2,6,8H,3-5,7,9H2,(H,20,21). The summed E-state index contributed by atoms with van der Waals surface area (Å²) in [6, 6.07) is 5.82. The molecule has 6 heteroatoms. The molecule has 0 aliphatic carbocycles. The monoisotopic (exact) mass is 285 g/mol. The van der Waals surface area contributed by atoms with Gasteiger partial charge in [-0.25, -0.2) is 9.97 Å². The molecule has 0 aromatic carbocycles. The lowest BCUT2D eigenvalue weighted by Crippen LogP contribution is -2.36. The molecular weight excluding hydrogens is 270 g/mol. The van der Waals surface area contributed by atoms with E-state index in [-0.39, 0.29) is 18.7 Å². The van der Waals surface area contributed by atoms with Gasteiger partial charge in [-0.3, -0.25) is 9.59 Å². The van der Waals surface area contributed by atoms with E-state index >= 15 is 0 Å². The molecule has 108 valence electrons. The van der Waals surface area contributed by atoms with Crippen LogP contribution in [0.4, 0.5) is 0 Å². The Kier molecular flexibility index (Phi) is 3.51. The summed E-state index contributed by atoms with van der Waals surface area (Å²) in [5.41, 5.74) is 2.72. The summed E-state index contributed by atoms with van der Waals surface area (Å²) in [5, 5.41) is 9.60. The van der Waals surface area contributed by atoms with Crippen LogP contribution in [0.15, 0.2) is 24.4 Å². The van der Waals surface area contributed by atoms with E-state index in [1.807, 2.05) is 18.2 Å². The molecule has 0 unspecified atom stereocenters. The number of carbonyl (C=O) groups is 2. The molecule has 3 rings (SSSR count). The van der Waals surface area contributed by atoms with Crippen molar-refractivity contribution in [3.63, 3.8) is 0 Å². The molecule has 0 spiro atoms. The fraction of sp³-hybridized carbons (Fsp3) is 0.333. The third kappa shape index (κ3) is 2.84. The fourth-order valence-corrected chi connectivity index (χ4v) is 2.55. The number of pyridine rings is 2.